The second-order valence-electron chi connectivity index (χ2n) is 10.5. The molecule has 1 aliphatic heterocycles. The molecule has 0 saturated heterocycles. The predicted octanol–water partition coefficient (Wildman–Crippen LogP) is 7.14. The standard InChI is InChI=1S/C35H33N3O4S/c1-25(29-10-6-3-7-11-29)36-35(39)31-23-43-34(37-31)21-38(20-28-14-17-32-33(18-28)42-24-41-32)19-26-12-15-30(16-13-26)40-22-27-8-4-2-5-9-27/h2-18,23,25H,19-22,24H2,1H3,(H,36,39). The van der Waals surface area contributed by atoms with Crippen LogP contribution in [0.15, 0.2) is 109 Å². The number of rotatable bonds is 12. The van der Waals surface area contributed by atoms with Crippen LogP contribution in [-0.2, 0) is 26.2 Å². The largest absolute Gasteiger partial charge is 0.489 e. The lowest BCUT2D eigenvalue weighted by atomic mass is 10.1. The number of thiazole rings is 1. The fraction of sp³-hybridized carbons (Fsp3) is 0.200. The highest BCUT2D eigenvalue weighted by molar-refractivity contribution is 7.09. The van der Waals surface area contributed by atoms with E-state index in [-0.39, 0.29) is 18.7 Å². The Morgan fingerprint density at radius 3 is 2.35 bits per heavy atom. The molecule has 1 unspecified atom stereocenters. The van der Waals surface area contributed by atoms with Crippen molar-refractivity contribution in [3.8, 4) is 17.2 Å². The summed E-state index contributed by atoms with van der Waals surface area (Å²) in [5, 5.41) is 5.77. The number of hydrogen-bond acceptors (Lipinski definition) is 7. The van der Waals surface area contributed by atoms with Crippen molar-refractivity contribution in [2.24, 2.45) is 0 Å². The topological polar surface area (TPSA) is 72.9 Å². The van der Waals surface area contributed by atoms with Gasteiger partial charge in [0.1, 0.15) is 23.1 Å². The quantitative estimate of drug-likeness (QED) is 0.166. The van der Waals surface area contributed by atoms with Gasteiger partial charge < -0.3 is 19.5 Å². The van der Waals surface area contributed by atoms with Crippen LogP contribution in [0.1, 0.15) is 50.7 Å². The van der Waals surface area contributed by atoms with E-state index in [1.54, 1.807) is 0 Å². The number of nitrogens with one attached hydrogen (secondary N) is 1. The number of carbonyl (C=O) groups excluding carboxylic acids is 1. The van der Waals surface area contributed by atoms with Gasteiger partial charge in [-0.25, -0.2) is 4.98 Å². The number of nitrogens with zero attached hydrogens (tertiary/aromatic N) is 2. The van der Waals surface area contributed by atoms with E-state index >= 15 is 0 Å². The van der Waals surface area contributed by atoms with E-state index in [1.807, 2.05) is 85.1 Å². The number of amides is 1. The van der Waals surface area contributed by atoms with E-state index < -0.39 is 0 Å². The van der Waals surface area contributed by atoms with Crippen LogP contribution in [0.2, 0.25) is 0 Å². The molecule has 8 heteroatoms. The fourth-order valence-electron chi connectivity index (χ4n) is 4.93. The first-order chi connectivity index (χ1) is 21.1. The molecule has 1 aliphatic rings. The zero-order valence-electron chi connectivity index (χ0n) is 23.9. The molecule has 0 saturated carbocycles. The van der Waals surface area contributed by atoms with Crippen molar-refractivity contribution in [1.82, 2.24) is 15.2 Å². The van der Waals surface area contributed by atoms with Gasteiger partial charge in [-0.2, -0.15) is 0 Å². The van der Waals surface area contributed by atoms with Gasteiger partial charge in [0, 0.05) is 18.5 Å². The predicted molar refractivity (Wildman–Crippen MR) is 167 cm³/mol. The monoisotopic (exact) mass is 591 g/mol. The molecule has 43 heavy (non-hydrogen) atoms. The minimum absolute atomic E-state index is 0.110. The molecule has 218 valence electrons. The zero-order chi connectivity index (χ0) is 29.4. The Bertz CT molecular complexity index is 1640. The summed E-state index contributed by atoms with van der Waals surface area (Å²) < 4.78 is 17.1. The summed E-state index contributed by atoms with van der Waals surface area (Å²) in [6.45, 7) is 4.71. The molecule has 1 N–H and O–H groups in total. The molecule has 7 nitrogen and oxygen atoms in total. The van der Waals surface area contributed by atoms with Crippen LogP contribution in [0.25, 0.3) is 0 Å². The highest BCUT2D eigenvalue weighted by Crippen LogP contribution is 2.33. The third kappa shape index (κ3) is 7.60. The van der Waals surface area contributed by atoms with Crippen molar-refractivity contribution < 1.29 is 19.0 Å². The van der Waals surface area contributed by atoms with Crippen molar-refractivity contribution in [3.63, 3.8) is 0 Å². The summed E-state index contributed by atoms with van der Waals surface area (Å²) in [6.07, 6.45) is 0. The van der Waals surface area contributed by atoms with Gasteiger partial charge in [0.2, 0.25) is 6.79 Å². The van der Waals surface area contributed by atoms with E-state index in [0.29, 0.717) is 31.9 Å². The molecule has 1 aromatic heterocycles. The van der Waals surface area contributed by atoms with Crippen LogP contribution in [0.5, 0.6) is 17.2 Å². The smallest absolute Gasteiger partial charge is 0.271 e. The normalized spacial score (nSPS) is 12.7. The maximum Gasteiger partial charge on any atom is 0.271 e. The number of hydrogen-bond donors (Lipinski definition) is 1. The Kier molecular flexibility index (Phi) is 8.96. The number of carbonyl (C=O) groups is 1. The third-order valence-corrected chi connectivity index (χ3v) is 8.05. The molecule has 2 heterocycles. The lowest BCUT2D eigenvalue weighted by Crippen LogP contribution is -2.27. The van der Waals surface area contributed by atoms with Crippen molar-refractivity contribution in [2.75, 3.05) is 6.79 Å². The molecule has 4 aromatic carbocycles. The summed E-state index contributed by atoms with van der Waals surface area (Å²) in [5.74, 6) is 2.18. The van der Waals surface area contributed by atoms with E-state index in [1.165, 1.54) is 11.3 Å². The maximum absolute atomic E-state index is 13.0. The molecule has 1 amide bonds. The number of aromatic nitrogens is 1. The first kappa shape index (κ1) is 28.5. The van der Waals surface area contributed by atoms with Gasteiger partial charge in [0.05, 0.1) is 12.6 Å². The minimum Gasteiger partial charge on any atom is -0.489 e. The van der Waals surface area contributed by atoms with Gasteiger partial charge in [-0.05, 0) is 53.4 Å². The van der Waals surface area contributed by atoms with E-state index in [0.717, 1.165) is 44.5 Å². The van der Waals surface area contributed by atoms with Gasteiger partial charge in [0.25, 0.3) is 5.91 Å². The van der Waals surface area contributed by atoms with Crippen LogP contribution in [-0.4, -0.2) is 22.6 Å². The molecule has 6 rings (SSSR count). The average Bonchev–Trinajstić information content (AvgIpc) is 3.71. The summed E-state index contributed by atoms with van der Waals surface area (Å²) in [7, 11) is 0. The molecule has 0 bridgehead atoms. The average molecular weight is 592 g/mol. The van der Waals surface area contributed by atoms with E-state index in [4.69, 9.17) is 19.2 Å². The van der Waals surface area contributed by atoms with Crippen LogP contribution < -0.4 is 19.5 Å². The van der Waals surface area contributed by atoms with Crippen molar-refractivity contribution in [3.05, 3.63) is 141 Å². The Morgan fingerprint density at radius 2 is 1.56 bits per heavy atom. The summed E-state index contributed by atoms with van der Waals surface area (Å²) in [6, 6.07) is 34.2. The summed E-state index contributed by atoms with van der Waals surface area (Å²) in [4.78, 5) is 20.0. The van der Waals surface area contributed by atoms with E-state index in [2.05, 4.69) is 40.5 Å². The van der Waals surface area contributed by atoms with Gasteiger partial charge in [-0.1, -0.05) is 78.9 Å². The fourth-order valence-corrected chi connectivity index (χ4v) is 5.75. The molecule has 0 radical (unpaired) electrons. The second kappa shape index (κ2) is 13.5. The molecular weight excluding hydrogens is 558 g/mol. The highest BCUT2D eigenvalue weighted by atomic mass is 32.1. The molecule has 1 atom stereocenters. The Morgan fingerprint density at radius 1 is 0.860 bits per heavy atom. The second-order valence-corrected chi connectivity index (χ2v) is 11.4. The number of fused-ring (bicyclic) bond motifs is 1. The lowest BCUT2D eigenvalue weighted by molar-refractivity contribution is 0.0935. The Labute approximate surface area is 255 Å². The van der Waals surface area contributed by atoms with Crippen LogP contribution >= 0.6 is 11.3 Å². The maximum atomic E-state index is 13.0. The molecule has 0 fully saturated rings. The minimum atomic E-state index is -0.174. The SMILES string of the molecule is CC(NC(=O)c1csc(CN(Cc2ccc(OCc3ccccc3)cc2)Cc2ccc3c(c2)OCO3)n1)c1ccccc1. The summed E-state index contributed by atoms with van der Waals surface area (Å²) >= 11 is 1.50. The Balaban J connectivity index is 1.13. The lowest BCUT2D eigenvalue weighted by Gasteiger charge is -2.22. The molecule has 0 spiro atoms. The first-order valence-corrected chi connectivity index (χ1v) is 15.1. The third-order valence-electron chi connectivity index (χ3n) is 7.21. The van der Waals surface area contributed by atoms with Gasteiger partial charge in [-0.3, -0.25) is 9.69 Å². The number of benzene rings is 4. The number of ether oxygens (including phenoxy) is 3. The van der Waals surface area contributed by atoms with Crippen molar-refractivity contribution >= 4 is 17.2 Å². The van der Waals surface area contributed by atoms with Crippen molar-refractivity contribution in [2.45, 2.75) is 39.2 Å². The Hall–Kier alpha value is -4.66. The first-order valence-electron chi connectivity index (χ1n) is 14.3. The van der Waals surface area contributed by atoms with Gasteiger partial charge >= 0.3 is 0 Å². The van der Waals surface area contributed by atoms with Crippen LogP contribution in [0, 0.1) is 0 Å². The van der Waals surface area contributed by atoms with Crippen LogP contribution in [0.4, 0.5) is 0 Å². The molecule has 0 aliphatic carbocycles. The van der Waals surface area contributed by atoms with Gasteiger partial charge in [-0.15, -0.1) is 11.3 Å². The van der Waals surface area contributed by atoms with Crippen LogP contribution in [0.3, 0.4) is 0 Å². The van der Waals surface area contributed by atoms with E-state index in [9.17, 15) is 4.79 Å². The highest BCUT2D eigenvalue weighted by Gasteiger charge is 2.18. The van der Waals surface area contributed by atoms with Gasteiger partial charge in [0.15, 0.2) is 11.5 Å². The molecular formula is C35H33N3O4S. The summed E-state index contributed by atoms with van der Waals surface area (Å²) in [5.41, 5.74) is 4.88. The molecule has 5 aromatic rings. The zero-order valence-corrected chi connectivity index (χ0v) is 24.8. The van der Waals surface area contributed by atoms with Crippen molar-refractivity contribution in [1.29, 1.82) is 0 Å².